The molecule has 0 aliphatic rings. The van der Waals surface area contributed by atoms with Crippen molar-refractivity contribution in [3.05, 3.63) is 23.9 Å². The van der Waals surface area contributed by atoms with Gasteiger partial charge in [-0.05, 0) is 25.3 Å². The minimum Gasteiger partial charge on any atom is -0.383 e. The van der Waals surface area contributed by atoms with Gasteiger partial charge in [-0.15, -0.1) is 0 Å². The van der Waals surface area contributed by atoms with E-state index in [2.05, 4.69) is 4.98 Å². The fourth-order valence-electron chi connectivity index (χ4n) is 1.34. The molecule has 0 spiro atoms. The van der Waals surface area contributed by atoms with E-state index in [0.717, 1.165) is 5.75 Å². The van der Waals surface area contributed by atoms with E-state index in [9.17, 15) is 4.79 Å². The second-order valence-corrected chi connectivity index (χ2v) is 4.57. The quantitative estimate of drug-likeness (QED) is 0.864. The second kappa shape index (κ2) is 5.75. The summed E-state index contributed by atoms with van der Waals surface area (Å²) in [6, 6.07) is 3.60. The van der Waals surface area contributed by atoms with Crippen LogP contribution in [0.1, 0.15) is 17.3 Å². The third kappa shape index (κ3) is 2.88. The number of pyridine rings is 1. The Balaban J connectivity index is 2.82. The molecule has 0 saturated carbocycles. The van der Waals surface area contributed by atoms with Gasteiger partial charge in [-0.1, -0.05) is 0 Å². The Bertz CT molecular complexity index is 370. The predicted molar refractivity (Wildman–Crippen MR) is 68.6 cm³/mol. The highest BCUT2D eigenvalue weighted by atomic mass is 32.2. The Kier molecular flexibility index (Phi) is 4.61. The first-order valence-electron chi connectivity index (χ1n) is 5.04. The maximum Gasteiger partial charge on any atom is 0.257 e. The molecular weight excluding hydrogens is 222 g/mol. The topological polar surface area (TPSA) is 59.2 Å². The van der Waals surface area contributed by atoms with Crippen molar-refractivity contribution in [1.29, 1.82) is 0 Å². The zero-order valence-corrected chi connectivity index (χ0v) is 10.6. The van der Waals surface area contributed by atoms with Crippen LogP contribution in [0.15, 0.2) is 18.3 Å². The molecule has 1 aromatic heterocycles. The van der Waals surface area contributed by atoms with Gasteiger partial charge in [-0.2, -0.15) is 11.8 Å². The van der Waals surface area contributed by atoms with Crippen LogP contribution in [-0.4, -0.2) is 40.9 Å². The maximum absolute atomic E-state index is 12.1. The van der Waals surface area contributed by atoms with Crippen LogP contribution in [0.4, 0.5) is 5.82 Å². The van der Waals surface area contributed by atoms with Crippen LogP contribution >= 0.6 is 11.8 Å². The molecule has 0 aliphatic heterocycles. The molecule has 1 heterocycles. The lowest BCUT2D eigenvalue weighted by molar-refractivity contribution is 0.0758. The number of aromatic nitrogens is 1. The van der Waals surface area contributed by atoms with Gasteiger partial charge < -0.3 is 10.6 Å². The normalized spacial score (nSPS) is 12.2. The molecule has 0 saturated heterocycles. The number of carbonyl (C=O) groups excluding carboxylic acids is 1. The average molecular weight is 239 g/mol. The van der Waals surface area contributed by atoms with Gasteiger partial charge in [0.05, 0.1) is 5.56 Å². The summed E-state index contributed by atoms with van der Waals surface area (Å²) < 4.78 is 0. The van der Waals surface area contributed by atoms with E-state index in [1.807, 2.05) is 13.2 Å². The van der Waals surface area contributed by atoms with Crippen molar-refractivity contribution in [2.75, 3.05) is 24.8 Å². The van der Waals surface area contributed by atoms with Gasteiger partial charge in [0.1, 0.15) is 5.82 Å². The molecule has 0 radical (unpaired) electrons. The van der Waals surface area contributed by atoms with Gasteiger partial charge in [-0.25, -0.2) is 4.98 Å². The SMILES string of the molecule is CSCC(C)N(C)C(=O)c1cccnc1N. The highest BCUT2D eigenvalue weighted by molar-refractivity contribution is 7.98. The van der Waals surface area contributed by atoms with E-state index in [1.54, 1.807) is 42.0 Å². The summed E-state index contributed by atoms with van der Waals surface area (Å²) in [5.41, 5.74) is 6.14. The predicted octanol–water partition coefficient (Wildman–Crippen LogP) is 1.49. The number of carbonyl (C=O) groups is 1. The van der Waals surface area contributed by atoms with Crippen molar-refractivity contribution in [3.63, 3.8) is 0 Å². The summed E-state index contributed by atoms with van der Waals surface area (Å²) in [5.74, 6) is 1.12. The number of thioether (sulfide) groups is 1. The molecule has 1 rings (SSSR count). The number of anilines is 1. The molecule has 5 heteroatoms. The lowest BCUT2D eigenvalue weighted by atomic mass is 10.2. The minimum absolute atomic E-state index is 0.0767. The summed E-state index contributed by atoms with van der Waals surface area (Å²) in [5, 5.41) is 0. The molecule has 0 fully saturated rings. The molecule has 16 heavy (non-hydrogen) atoms. The lowest BCUT2D eigenvalue weighted by Gasteiger charge is -2.24. The van der Waals surface area contributed by atoms with Gasteiger partial charge in [0.2, 0.25) is 0 Å². The first-order valence-corrected chi connectivity index (χ1v) is 6.44. The highest BCUT2D eigenvalue weighted by Crippen LogP contribution is 2.13. The van der Waals surface area contributed by atoms with E-state index in [-0.39, 0.29) is 17.8 Å². The summed E-state index contributed by atoms with van der Waals surface area (Å²) in [6.45, 7) is 2.01. The smallest absolute Gasteiger partial charge is 0.257 e. The second-order valence-electron chi connectivity index (χ2n) is 3.66. The Morgan fingerprint density at radius 3 is 2.94 bits per heavy atom. The number of hydrogen-bond donors (Lipinski definition) is 1. The molecular formula is C11H17N3OS. The molecule has 1 amide bonds. The van der Waals surface area contributed by atoms with E-state index >= 15 is 0 Å². The summed E-state index contributed by atoms with van der Waals surface area (Å²) >= 11 is 1.71. The zero-order chi connectivity index (χ0) is 12.1. The lowest BCUT2D eigenvalue weighted by Crippen LogP contribution is -2.37. The fraction of sp³-hybridized carbons (Fsp3) is 0.455. The first kappa shape index (κ1) is 12.8. The van der Waals surface area contributed by atoms with Crippen LogP contribution in [0.2, 0.25) is 0 Å². The van der Waals surface area contributed by atoms with E-state index in [4.69, 9.17) is 5.73 Å². The van der Waals surface area contributed by atoms with Gasteiger partial charge in [0.25, 0.3) is 5.91 Å². The van der Waals surface area contributed by atoms with E-state index in [1.165, 1.54) is 0 Å². The van der Waals surface area contributed by atoms with Crippen molar-refractivity contribution in [1.82, 2.24) is 9.88 Å². The third-order valence-electron chi connectivity index (χ3n) is 2.46. The van der Waals surface area contributed by atoms with Crippen molar-refractivity contribution in [2.45, 2.75) is 13.0 Å². The number of nitrogens with zero attached hydrogens (tertiary/aromatic N) is 2. The molecule has 0 aliphatic carbocycles. The van der Waals surface area contributed by atoms with Crippen LogP contribution in [0, 0.1) is 0 Å². The molecule has 1 unspecified atom stereocenters. The van der Waals surface area contributed by atoms with Crippen LogP contribution in [0.25, 0.3) is 0 Å². The largest absolute Gasteiger partial charge is 0.383 e. The van der Waals surface area contributed by atoms with Crippen molar-refractivity contribution in [2.24, 2.45) is 0 Å². The van der Waals surface area contributed by atoms with Gasteiger partial charge in [0, 0.05) is 25.0 Å². The van der Waals surface area contributed by atoms with E-state index in [0.29, 0.717) is 5.56 Å². The van der Waals surface area contributed by atoms with Crippen molar-refractivity contribution in [3.8, 4) is 0 Å². The zero-order valence-electron chi connectivity index (χ0n) is 9.80. The van der Waals surface area contributed by atoms with Crippen LogP contribution in [0.5, 0.6) is 0 Å². The number of hydrogen-bond acceptors (Lipinski definition) is 4. The molecule has 1 atom stereocenters. The summed E-state index contributed by atoms with van der Waals surface area (Å²) in [4.78, 5) is 17.7. The van der Waals surface area contributed by atoms with Gasteiger partial charge in [0.15, 0.2) is 0 Å². The number of nitrogens with two attached hydrogens (primary N) is 1. The van der Waals surface area contributed by atoms with Crippen molar-refractivity contribution >= 4 is 23.5 Å². The Hall–Kier alpha value is -1.23. The van der Waals surface area contributed by atoms with Crippen LogP contribution in [0.3, 0.4) is 0 Å². The molecule has 0 aromatic carbocycles. The molecule has 2 N–H and O–H groups in total. The number of amides is 1. The standard InChI is InChI=1S/C11H17N3OS/c1-8(7-16-3)14(2)11(15)9-5-4-6-13-10(9)12/h4-6,8H,7H2,1-3H3,(H2,12,13). The highest BCUT2D eigenvalue weighted by Gasteiger charge is 2.19. The molecule has 1 aromatic rings. The summed E-state index contributed by atoms with van der Waals surface area (Å²) in [7, 11) is 1.79. The fourth-order valence-corrected chi connectivity index (χ4v) is 2.05. The maximum atomic E-state index is 12.1. The van der Waals surface area contributed by atoms with E-state index < -0.39 is 0 Å². The Labute approximate surface area is 100 Å². The Morgan fingerprint density at radius 1 is 1.69 bits per heavy atom. The number of rotatable bonds is 4. The van der Waals surface area contributed by atoms with Crippen molar-refractivity contribution < 1.29 is 4.79 Å². The molecule has 0 bridgehead atoms. The van der Waals surface area contributed by atoms with Gasteiger partial charge in [-0.3, -0.25) is 4.79 Å². The van der Waals surface area contributed by atoms with Crippen LogP contribution in [-0.2, 0) is 0 Å². The van der Waals surface area contributed by atoms with Crippen LogP contribution < -0.4 is 5.73 Å². The number of nitrogen functional groups attached to an aromatic ring is 1. The molecule has 4 nitrogen and oxygen atoms in total. The monoisotopic (exact) mass is 239 g/mol. The van der Waals surface area contributed by atoms with Gasteiger partial charge >= 0.3 is 0 Å². The Morgan fingerprint density at radius 2 is 2.38 bits per heavy atom. The first-order chi connectivity index (χ1) is 7.57. The third-order valence-corrected chi connectivity index (χ3v) is 3.27. The summed E-state index contributed by atoms with van der Waals surface area (Å²) in [6.07, 6.45) is 3.60. The molecule has 88 valence electrons. The average Bonchev–Trinajstić information content (AvgIpc) is 2.28. The minimum atomic E-state index is -0.0767.